The Morgan fingerprint density at radius 3 is 2.45 bits per heavy atom. The van der Waals surface area contributed by atoms with E-state index in [9.17, 15) is 9.59 Å². The van der Waals surface area contributed by atoms with Crippen LogP contribution in [0.4, 0.5) is 0 Å². The van der Waals surface area contributed by atoms with Crippen LogP contribution in [0.3, 0.4) is 0 Å². The smallest absolute Gasteiger partial charge is 0.139 e. The van der Waals surface area contributed by atoms with Crippen molar-refractivity contribution in [2.45, 2.75) is 52.4 Å². The monoisotopic (exact) mass is 274 g/mol. The van der Waals surface area contributed by atoms with Crippen LogP contribution in [0, 0.1) is 47.3 Å². The maximum absolute atomic E-state index is 12.6. The van der Waals surface area contributed by atoms with Crippen molar-refractivity contribution in [3.8, 4) is 0 Å². The molecule has 0 spiro atoms. The van der Waals surface area contributed by atoms with Gasteiger partial charge in [-0.2, -0.15) is 0 Å². The molecule has 4 aliphatic carbocycles. The van der Waals surface area contributed by atoms with E-state index in [2.05, 4.69) is 13.8 Å². The van der Waals surface area contributed by atoms with Crippen LogP contribution in [0.2, 0.25) is 0 Å². The molecule has 4 rings (SSSR count). The third kappa shape index (κ3) is 1.63. The second-order valence-electron chi connectivity index (χ2n) is 8.13. The quantitative estimate of drug-likeness (QED) is 0.677. The largest absolute Gasteiger partial charge is 0.299 e. The van der Waals surface area contributed by atoms with Gasteiger partial charge in [0.1, 0.15) is 11.6 Å². The van der Waals surface area contributed by atoms with E-state index in [-0.39, 0.29) is 5.92 Å². The van der Waals surface area contributed by atoms with Gasteiger partial charge in [-0.1, -0.05) is 13.8 Å². The molecule has 0 aromatic carbocycles. The highest BCUT2D eigenvalue weighted by atomic mass is 16.1. The third-order valence-corrected chi connectivity index (χ3v) is 7.25. The molecule has 0 aromatic heterocycles. The lowest BCUT2D eigenvalue weighted by Crippen LogP contribution is -2.57. The number of ketones is 2. The Kier molecular flexibility index (Phi) is 2.88. The molecule has 8 atom stereocenters. The highest BCUT2D eigenvalue weighted by molar-refractivity contribution is 5.86. The molecule has 0 heterocycles. The Morgan fingerprint density at radius 2 is 1.65 bits per heavy atom. The minimum atomic E-state index is 0.265. The fraction of sp³-hybridized carbons (Fsp3) is 0.889. The van der Waals surface area contributed by atoms with Crippen LogP contribution in [0.15, 0.2) is 0 Å². The highest BCUT2D eigenvalue weighted by Crippen LogP contribution is 2.60. The predicted molar refractivity (Wildman–Crippen MR) is 77.0 cm³/mol. The molecular weight excluding hydrogens is 248 g/mol. The van der Waals surface area contributed by atoms with E-state index in [1.165, 1.54) is 6.42 Å². The normalized spacial score (nSPS) is 54.5. The first-order valence-electron chi connectivity index (χ1n) is 8.64. The highest BCUT2D eigenvalue weighted by Gasteiger charge is 2.58. The van der Waals surface area contributed by atoms with Crippen molar-refractivity contribution >= 4 is 11.6 Å². The Balaban J connectivity index is 1.74. The van der Waals surface area contributed by atoms with Crippen LogP contribution in [-0.2, 0) is 9.59 Å². The van der Waals surface area contributed by atoms with E-state index in [0.29, 0.717) is 35.2 Å². The summed E-state index contributed by atoms with van der Waals surface area (Å²) in [5.41, 5.74) is 0. The zero-order valence-electron chi connectivity index (χ0n) is 12.7. The number of carbonyl (C=O) groups is 2. The number of Topliss-reactive ketones (excluding diaryl/α,β-unsaturated/α-hetero) is 2. The molecule has 0 amide bonds. The van der Waals surface area contributed by atoms with Gasteiger partial charge in [0.25, 0.3) is 0 Å². The van der Waals surface area contributed by atoms with Crippen molar-refractivity contribution in [3.63, 3.8) is 0 Å². The second-order valence-corrected chi connectivity index (χ2v) is 8.13. The van der Waals surface area contributed by atoms with Crippen molar-refractivity contribution in [3.05, 3.63) is 0 Å². The summed E-state index contributed by atoms with van der Waals surface area (Å²) in [5.74, 6) is 5.23. The molecule has 0 radical (unpaired) electrons. The second kappa shape index (κ2) is 4.42. The molecular formula is C18H26O2. The zero-order valence-corrected chi connectivity index (χ0v) is 12.7. The topological polar surface area (TPSA) is 34.1 Å². The first-order valence-corrected chi connectivity index (χ1v) is 8.64. The first-order chi connectivity index (χ1) is 9.58. The van der Waals surface area contributed by atoms with E-state index in [4.69, 9.17) is 0 Å². The average Bonchev–Trinajstić information content (AvgIpc) is 2.43. The van der Waals surface area contributed by atoms with Crippen molar-refractivity contribution in [2.75, 3.05) is 0 Å². The van der Waals surface area contributed by atoms with Crippen molar-refractivity contribution in [1.82, 2.24) is 0 Å². The molecule has 4 fully saturated rings. The van der Waals surface area contributed by atoms with Gasteiger partial charge in [0, 0.05) is 24.2 Å². The van der Waals surface area contributed by atoms with Crippen LogP contribution < -0.4 is 0 Å². The van der Waals surface area contributed by atoms with Gasteiger partial charge in [-0.05, 0) is 61.7 Å². The molecule has 0 saturated heterocycles. The Labute approximate surface area is 121 Å². The van der Waals surface area contributed by atoms with Crippen LogP contribution >= 0.6 is 0 Å². The fourth-order valence-corrected chi connectivity index (χ4v) is 6.56. The molecule has 20 heavy (non-hydrogen) atoms. The number of carbonyl (C=O) groups excluding carboxylic acids is 2. The molecule has 0 aromatic rings. The minimum Gasteiger partial charge on any atom is -0.299 e. The molecule has 110 valence electrons. The summed E-state index contributed by atoms with van der Waals surface area (Å²) in [6.45, 7) is 4.53. The lowest BCUT2D eigenvalue weighted by Gasteiger charge is -2.58. The van der Waals surface area contributed by atoms with E-state index >= 15 is 0 Å². The predicted octanol–water partition coefficient (Wildman–Crippen LogP) is 3.49. The summed E-state index contributed by atoms with van der Waals surface area (Å²) in [5, 5.41) is 0. The van der Waals surface area contributed by atoms with Crippen molar-refractivity contribution in [1.29, 1.82) is 0 Å². The lowest BCUT2D eigenvalue weighted by molar-refractivity contribution is -0.159. The summed E-state index contributed by atoms with van der Waals surface area (Å²) >= 11 is 0. The van der Waals surface area contributed by atoms with E-state index in [0.717, 1.165) is 49.9 Å². The molecule has 4 saturated carbocycles. The van der Waals surface area contributed by atoms with Gasteiger partial charge in [-0.3, -0.25) is 9.59 Å². The lowest BCUT2D eigenvalue weighted by atomic mass is 9.45. The van der Waals surface area contributed by atoms with Crippen molar-refractivity contribution < 1.29 is 9.59 Å². The molecule has 4 aliphatic rings. The van der Waals surface area contributed by atoms with Gasteiger partial charge in [0.15, 0.2) is 0 Å². The zero-order chi connectivity index (χ0) is 14.0. The molecule has 0 N–H and O–H groups in total. The van der Waals surface area contributed by atoms with Gasteiger partial charge < -0.3 is 0 Å². The third-order valence-electron chi connectivity index (χ3n) is 7.25. The van der Waals surface area contributed by atoms with Crippen LogP contribution in [0.5, 0.6) is 0 Å². The fourth-order valence-electron chi connectivity index (χ4n) is 6.56. The summed E-state index contributed by atoms with van der Waals surface area (Å²) in [6, 6.07) is 0. The summed E-state index contributed by atoms with van der Waals surface area (Å²) in [4.78, 5) is 24.9. The SMILES string of the molecule is C[C@@H]1CC2C[C@H](C)[C@H]3CCC(=O)[C@H]4CCC(C1=O)[C@@H]2C43. The minimum absolute atomic E-state index is 0.265. The van der Waals surface area contributed by atoms with Gasteiger partial charge in [-0.25, -0.2) is 0 Å². The van der Waals surface area contributed by atoms with Crippen LogP contribution in [-0.4, -0.2) is 11.6 Å². The summed E-state index contributed by atoms with van der Waals surface area (Å²) < 4.78 is 0. The first kappa shape index (κ1) is 13.0. The van der Waals surface area contributed by atoms with E-state index in [1.807, 2.05) is 0 Å². The number of rotatable bonds is 0. The van der Waals surface area contributed by atoms with Crippen LogP contribution in [0.1, 0.15) is 52.4 Å². The number of hydrogen-bond donors (Lipinski definition) is 0. The summed E-state index contributed by atoms with van der Waals surface area (Å²) in [7, 11) is 0. The molecule has 0 aliphatic heterocycles. The Bertz CT molecular complexity index is 454. The number of hydrogen-bond acceptors (Lipinski definition) is 2. The standard InChI is InChI=1S/C18H26O2/c1-9-7-11-8-10(2)18(20)14-4-3-13-15(19)6-5-12(9)17(13)16(11)14/h9-14,16-17H,3-8H2,1-2H3/t9-,10+,11?,12+,13+,14?,16+,17?/m0/s1. The van der Waals surface area contributed by atoms with E-state index in [1.54, 1.807) is 0 Å². The van der Waals surface area contributed by atoms with Crippen molar-refractivity contribution in [2.24, 2.45) is 47.3 Å². The van der Waals surface area contributed by atoms with E-state index < -0.39 is 0 Å². The summed E-state index contributed by atoms with van der Waals surface area (Å²) in [6.07, 6.45) is 6.30. The van der Waals surface area contributed by atoms with Gasteiger partial charge in [-0.15, -0.1) is 0 Å². The van der Waals surface area contributed by atoms with Gasteiger partial charge >= 0.3 is 0 Å². The molecule has 2 nitrogen and oxygen atoms in total. The molecule has 3 unspecified atom stereocenters. The van der Waals surface area contributed by atoms with Crippen LogP contribution in [0.25, 0.3) is 0 Å². The maximum Gasteiger partial charge on any atom is 0.139 e. The maximum atomic E-state index is 12.6. The Morgan fingerprint density at radius 1 is 0.900 bits per heavy atom. The van der Waals surface area contributed by atoms with Gasteiger partial charge in [0.2, 0.25) is 0 Å². The molecule has 0 bridgehead atoms. The average molecular weight is 274 g/mol. The molecule has 2 heteroatoms. The Hall–Kier alpha value is -0.660. The van der Waals surface area contributed by atoms with Gasteiger partial charge in [0.05, 0.1) is 0 Å².